The van der Waals surface area contributed by atoms with E-state index in [1.54, 1.807) is 12.3 Å². The predicted octanol–water partition coefficient (Wildman–Crippen LogP) is 7.99. The lowest BCUT2D eigenvalue weighted by atomic mass is 10.0. The van der Waals surface area contributed by atoms with Gasteiger partial charge in [-0.05, 0) is 26.8 Å². The molecule has 0 bridgehead atoms. The van der Waals surface area contributed by atoms with Gasteiger partial charge in [-0.3, -0.25) is 0 Å². The van der Waals surface area contributed by atoms with E-state index in [9.17, 15) is 15.0 Å². The third-order valence-corrected chi connectivity index (χ3v) is 7.31. The van der Waals surface area contributed by atoms with Crippen LogP contribution in [-0.4, -0.2) is 61.4 Å². The van der Waals surface area contributed by atoms with Crippen LogP contribution >= 0.6 is 0 Å². The minimum atomic E-state index is -0.811. The monoisotopic (exact) mass is 588 g/mol. The van der Waals surface area contributed by atoms with Gasteiger partial charge >= 0.3 is 0 Å². The zero-order chi connectivity index (χ0) is 30.8. The quantitative estimate of drug-likeness (QED) is 0.0564. The molecule has 0 aromatic heterocycles. The maximum atomic E-state index is 10.2. The Morgan fingerprint density at radius 1 is 0.780 bits per heavy atom. The first-order chi connectivity index (χ1) is 20.1. The molecule has 2 unspecified atom stereocenters. The van der Waals surface area contributed by atoms with Crippen molar-refractivity contribution in [3.63, 3.8) is 0 Å². The first kappa shape index (κ1) is 42.1. The second-order valence-electron chi connectivity index (χ2n) is 11.0. The molecular formula is C34H69NO6. The minimum absolute atomic E-state index is 0.242. The van der Waals surface area contributed by atoms with Crippen LogP contribution in [0, 0.1) is 0 Å². The van der Waals surface area contributed by atoms with Crippen LogP contribution in [-0.2, 0) is 19.0 Å². The molecule has 4 N–H and O–H groups in total. The van der Waals surface area contributed by atoms with Crippen LogP contribution in [0.15, 0.2) is 12.3 Å². The van der Waals surface area contributed by atoms with Crippen molar-refractivity contribution < 1.29 is 29.2 Å². The molecular weight excluding hydrogens is 518 g/mol. The Bertz CT molecular complexity index is 533. The molecule has 0 aliphatic carbocycles. The zero-order valence-electron chi connectivity index (χ0n) is 27.4. The summed E-state index contributed by atoms with van der Waals surface area (Å²) in [5.41, 5.74) is 4.50. The third kappa shape index (κ3) is 27.6. The Morgan fingerprint density at radius 2 is 1.24 bits per heavy atom. The van der Waals surface area contributed by atoms with Gasteiger partial charge in [-0.15, -0.1) is 0 Å². The van der Waals surface area contributed by atoms with Gasteiger partial charge in [0.15, 0.2) is 0 Å². The molecule has 0 saturated carbocycles. The van der Waals surface area contributed by atoms with Crippen LogP contribution in [0.4, 0.5) is 0 Å². The molecule has 1 aliphatic heterocycles. The molecule has 0 spiro atoms. The van der Waals surface area contributed by atoms with Gasteiger partial charge in [0.25, 0.3) is 0 Å². The smallest absolute Gasteiger partial charge is 0.202 e. The Kier molecular flexibility index (Phi) is 36.2. The fraction of sp³-hybridized carbons (Fsp3) is 0.912. The van der Waals surface area contributed by atoms with Gasteiger partial charge in [-0.2, -0.15) is 0 Å². The highest BCUT2D eigenvalue weighted by molar-refractivity contribution is 5.48. The largest absolute Gasteiger partial charge is 0.473 e. The summed E-state index contributed by atoms with van der Waals surface area (Å²) in [5, 5.41) is 19.6. The number of ether oxygens (including phenoxy) is 3. The number of aldehydes is 1. The number of rotatable bonds is 25. The van der Waals surface area contributed by atoms with E-state index in [0.29, 0.717) is 13.0 Å². The van der Waals surface area contributed by atoms with E-state index in [-0.39, 0.29) is 12.7 Å². The number of hydrogen-bond acceptors (Lipinski definition) is 7. The van der Waals surface area contributed by atoms with Crippen molar-refractivity contribution in [2.45, 2.75) is 180 Å². The van der Waals surface area contributed by atoms with Crippen molar-refractivity contribution in [1.29, 1.82) is 0 Å². The van der Waals surface area contributed by atoms with Crippen LogP contribution in [0.2, 0.25) is 0 Å². The number of unbranched alkanes of at least 4 members (excludes halogenated alkanes) is 18. The summed E-state index contributed by atoms with van der Waals surface area (Å²) in [6, 6.07) is 0. The number of nitrogens with two attached hydrogens (primary N) is 1. The van der Waals surface area contributed by atoms with Gasteiger partial charge in [0, 0.05) is 19.4 Å². The zero-order valence-corrected chi connectivity index (χ0v) is 27.4. The lowest BCUT2D eigenvalue weighted by Gasteiger charge is -2.37. The second-order valence-corrected chi connectivity index (χ2v) is 11.0. The molecule has 0 aromatic rings. The van der Waals surface area contributed by atoms with Crippen molar-refractivity contribution in [1.82, 2.24) is 0 Å². The molecule has 4 atom stereocenters. The molecule has 1 rings (SSSR count). The van der Waals surface area contributed by atoms with Gasteiger partial charge in [0.1, 0.15) is 18.5 Å². The lowest BCUT2D eigenvalue weighted by molar-refractivity contribution is -0.249. The Labute approximate surface area is 254 Å². The van der Waals surface area contributed by atoms with E-state index < -0.39 is 18.5 Å². The highest BCUT2D eigenvalue weighted by atomic mass is 16.7. The van der Waals surface area contributed by atoms with Crippen molar-refractivity contribution in [2.75, 3.05) is 20.3 Å². The highest BCUT2D eigenvalue weighted by Crippen LogP contribution is 2.24. The molecule has 1 saturated heterocycles. The summed E-state index contributed by atoms with van der Waals surface area (Å²) in [6.07, 6.45) is 28.2. The molecule has 246 valence electrons. The normalized spacial score (nSPS) is 20.2. The van der Waals surface area contributed by atoms with Crippen LogP contribution in [0.3, 0.4) is 0 Å². The number of allylic oxidation sites excluding steroid dienone is 1. The summed E-state index contributed by atoms with van der Waals surface area (Å²) in [4.78, 5) is 10.1. The fourth-order valence-corrected chi connectivity index (χ4v) is 4.83. The Hall–Kier alpha value is -0.990. The van der Waals surface area contributed by atoms with Gasteiger partial charge in [0.2, 0.25) is 6.29 Å². The molecule has 0 radical (unpaired) electrons. The summed E-state index contributed by atoms with van der Waals surface area (Å²) in [6.45, 7) is 6.74. The van der Waals surface area contributed by atoms with E-state index >= 15 is 0 Å². The number of aliphatic hydroxyl groups excluding tert-OH is 2. The molecule has 7 heteroatoms. The van der Waals surface area contributed by atoms with Gasteiger partial charge < -0.3 is 35.0 Å². The Morgan fingerprint density at radius 3 is 1.68 bits per heavy atom. The molecule has 1 aliphatic rings. The summed E-state index contributed by atoms with van der Waals surface area (Å²) in [7, 11) is 1.50. The topological polar surface area (TPSA) is 111 Å². The SMILES string of the molecule is C/C=C\O[C@@H]1CC(OCCCCCCCCCC)[C@H](O)C(CO)O1.CCCCCCCCCCCCCC=O.CN. The van der Waals surface area contributed by atoms with Crippen LogP contribution in [0.5, 0.6) is 0 Å². The molecule has 1 fully saturated rings. The van der Waals surface area contributed by atoms with E-state index in [1.165, 1.54) is 110 Å². The van der Waals surface area contributed by atoms with Crippen molar-refractivity contribution in [2.24, 2.45) is 5.73 Å². The third-order valence-electron chi connectivity index (χ3n) is 7.31. The first-order valence-corrected chi connectivity index (χ1v) is 17.0. The molecule has 41 heavy (non-hydrogen) atoms. The lowest BCUT2D eigenvalue weighted by Crippen LogP contribution is -2.51. The summed E-state index contributed by atoms with van der Waals surface area (Å²) in [5.74, 6) is 0. The number of aliphatic hydroxyl groups is 2. The summed E-state index contributed by atoms with van der Waals surface area (Å²) >= 11 is 0. The van der Waals surface area contributed by atoms with E-state index in [1.807, 2.05) is 6.92 Å². The molecule has 1 heterocycles. The maximum Gasteiger partial charge on any atom is 0.202 e. The van der Waals surface area contributed by atoms with Crippen molar-refractivity contribution >= 4 is 6.29 Å². The average molecular weight is 588 g/mol. The number of hydrogen-bond donors (Lipinski definition) is 3. The number of carbonyl (C=O) groups excluding carboxylic acids is 1. The molecule has 0 amide bonds. The second kappa shape index (κ2) is 35.2. The van der Waals surface area contributed by atoms with E-state index in [4.69, 9.17) is 14.2 Å². The fourth-order valence-electron chi connectivity index (χ4n) is 4.83. The highest BCUT2D eigenvalue weighted by Gasteiger charge is 2.38. The first-order valence-electron chi connectivity index (χ1n) is 17.0. The van der Waals surface area contributed by atoms with E-state index in [0.717, 1.165) is 32.0 Å². The minimum Gasteiger partial charge on any atom is -0.473 e. The molecule has 7 nitrogen and oxygen atoms in total. The van der Waals surface area contributed by atoms with Crippen molar-refractivity contribution in [3.05, 3.63) is 12.3 Å². The van der Waals surface area contributed by atoms with Crippen LogP contribution in [0.1, 0.15) is 156 Å². The van der Waals surface area contributed by atoms with Gasteiger partial charge in [0.05, 0.1) is 19.0 Å². The summed E-state index contributed by atoms with van der Waals surface area (Å²) < 4.78 is 16.8. The van der Waals surface area contributed by atoms with Crippen LogP contribution < -0.4 is 5.73 Å². The Balaban J connectivity index is 0. The average Bonchev–Trinajstić information content (AvgIpc) is 3.00. The number of carbonyl (C=O) groups is 1. The molecule has 0 aromatic carbocycles. The van der Waals surface area contributed by atoms with Crippen molar-refractivity contribution in [3.8, 4) is 0 Å². The van der Waals surface area contributed by atoms with Gasteiger partial charge in [-0.1, -0.05) is 129 Å². The van der Waals surface area contributed by atoms with Crippen LogP contribution in [0.25, 0.3) is 0 Å². The maximum absolute atomic E-state index is 10.2. The standard InChI is InChI=1S/C19H36O5.C14H28O.CH5N/c1-3-5-6-7-8-9-10-11-13-22-16-14-18(23-12-4-2)24-17(15-20)19(16)21;1-2-3-4-5-6-7-8-9-10-11-12-13-14-15;1-2/h4,12,16-21H,3,5-11,13-15H2,1-2H3;14H,2-13H2,1H3;2H2,1H3/b12-4-;;/t16?,17?,18-,19-;;/m0../s1. The van der Waals surface area contributed by atoms with Gasteiger partial charge in [-0.25, -0.2) is 0 Å². The van der Waals surface area contributed by atoms with E-state index in [2.05, 4.69) is 19.6 Å². The predicted molar refractivity (Wildman–Crippen MR) is 172 cm³/mol.